The van der Waals surface area contributed by atoms with E-state index in [1.165, 1.54) is 0 Å². The lowest BCUT2D eigenvalue weighted by molar-refractivity contribution is -0.147. The van der Waals surface area contributed by atoms with Crippen molar-refractivity contribution in [2.24, 2.45) is 17.8 Å². The first-order valence-electron chi connectivity index (χ1n) is 8.50. The number of hydrogen-bond donors (Lipinski definition) is 1. The Morgan fingerprint density at radius 1 is 1.26 bits per heavy atom. The van der Waals surface area contributed by atoms with E-state index in [2.05, 4.69) is 13.8 Å². The van der Waals surface area contributed by atoms with E-state index in [1.807, 2.05) is 37.3 Å². The van der Waals surface area contributed by atoms with Crippen LogP contribution in [0.5, 0.6) is 0 Å². The molecule has 1 aliphatic heterocycles. The van der Waals surface area contributed by atoms with Crippen LogP contribution in [0.25, 0.3) is 0 Å². The Bertz CT molecular complexity index is 543. The Hall–Kier alpha value is -1.84. The Morgan fingerprint density at radius 2 is 1.91 bits per heavy atom. The molecule has 0 radical (unpaired) electrons. The quantitative estimate of drug-likeness (QED) is 0.905. The Balaban J connectivity index is 2.24. The summed E-state index contributed by atoms with van der Waals surface area (Å²) < 4.78 is 0. The fourth-order valence-corrected chi connectivity index (χ4v) is 3.52. The second kappa shape index (κ2) is 7.62. The third kappa shape index (κ3) is 4.12. The van der Waals surface area contributed by atoms with Gasteiger partial charge in [-0.1, -0.05) is 57.5 Å². The van der Waals surface area contributed by atoms with Gasteiger partial charge < -0.3 is 10.0 Å². The van der Waals surface area contributed by atoms with E-state index >= 15 is 0 Å². The summed E-state index contributed by atoms with van der Waals surface area (Å²) >= 11 is 0. The minimum atomic E-state index is -0.797. The number of nitrogens with zero attached hydrogens (tertiary/aromatic N) is 1. The van der Waals surface area contributed by atoms with Crippen molar-refractivity contribution in [3.8, 4) is 0 Å². The number of carbonyl (C=O) groups excluding carboxylic acids is 1. The van der Waals surface area contributed by atoms with E-state index in [9.17, 15) is 14.7 Å². The zero-order valence-electron chi connectivity index (χ0n) is 14.2. The number of carboxylic acids is 1. The first-order valence-corrected chi connectivity index (χ1v) is 8.50. The number of hydrogen-bond acceptors (Lipinski definition) is 2. The van der Waals surface area contributed by atoms with Gasteiger partial charge in [-0.25, -0.2) is 0 Å². The fraction of sp³-hybridized carbons (Fsp3) is 0.579. The fourth-order valence-electron chi connectivity index (χ4n) is 3.52. The highest BCUT2D eigenvalue weighted by atomic mass is 16.4. The molecule has 1 aromatic rings. The van der Waals surface area contributed by atoms with Gasteiger partial charge in [0.05, 0.1) is 11.8 Å². The summed E-state index contributed by atoms with van der Waals surface area (Å²) in [6.07, 6.45) is 1.56. The van der Waals surface area contributed by atoms with E-state index in [1.54, 1.807) is 4.90 Å². The van der Waals surface area contributed by atoms with Crippen molar-refractivity contribution in [1.82, 2.24) is 4.90 Å². The van der Waals surface area contributed by atoms with Crippen LogP contribution in [-0.2, 0) is 9.59 Å². The molecule has 2 rings (SSSR count). The highest BCUT2D eigenvalue weighted by molar-refractivity contribution is 5.85. The minimum Gasteiger partial charge on any atom is -0.481 e. The lowest BCUT2D eigenvalue weighted by Crippen LogP contribution is -2.48. The molecule has 1 heterocycles. The van der Waals surface area contributed by atoms with Crippen LogP contribution in [0.3, 0.4) is 0 Å². The van der Waals surface area contributed by atoms with Gasteiger partial charge in [-0.05, 0) is 23.8 Å². The predicted octanol–water partition coefficient (Wildman–Crippen LogP) is 3.39. The van der Waals surface area contributed by atoms with Gasteiger partial charge >= 0.3 is 5.97 Å². The van der Waals surface area contributed by atoms with Gasteiger partial charge in [-0.3, -0.25) is 9.59 Å². The zero-order chi connectivity index (χ0) is 17.0. The SMILES string of the molecule is CCC(C)C(C(=O)N1CC(C)CC(C(=O)O)C1)c1ccccc1. The average Bonchev–Trinajstić information content (AvgIpc) is 2.55. The smallest absolute Gasteiger partial charge is 0.308 e. The van der Waals surface area contributed by atoms with Crippen LogP contribution in [0.2, 0.25) is 0 Å². The summed E-state index contributed by atoms with van der Waals surface area (Å²) in [4.78, 5) is 26.3. The van der Waals surface area contributed by atoms with Crippen molar-refractivity contribution in [2.75, 3.05) is 13.1 Å². The molecule has 0 saturated carbocycles. The van der Waals surface area contributed by atoms with Crippen LogP contribution in [0, 0.1) is 17.8 Å². The number of carbonyl (C=O) groups is 2. The maximum Gasteiger partial charge on any atom is 0.308 e. The molecular weight excluding hydrogens is 290 g/mol. The van der Waals surface area contributed by atoms with E-state index in [0.717, 1.165) is 12.0 Å². The summed E-state index contributed by atoms with van der Waals surface area (Å²) in [6, 6.07) is 9.85. The van der Waals surface area contributed by atoms with E-state index in [-0.39, 0.29) is 23.7 Å². The molecule has 126 valence electrons. The average molecular weight is 317 g/mol. The lowest BCUT2D eigenvalue weighted by atomic mass is 9.82. The Morgan fingerprint density at radius 3 is 2.48 bits per heavy atom. The van der Waals surface area contributed by atoms with Crippen molar-refractivity contribution in [3.63, 3.8) is 0 Å². The standard InChI is InChI=1S/C19H27NO3/c1-4-14(3)17(15-8-6-5-7-9-15)18(21)20-11-13(2)10-16(12-20)19(22)23/h5-9,13-14,16-17H,4,10-12H2,1-3H3,(H,22,23). The Kier molecular flexibility index (Phi) is 5.80. The third-order valence-electron chi connectivity index (χ3n) is 4.96. The van der Waals surface area contributed by atoms with Crippen LogP contribution >= 0.6 is 0 Å². The number of carboxylic acid groups (broad SMARTS) is 1. The predicted molar refractivity (Wildman–Crippen MR) is 90.1 cm³/mol. The van der Waals surface area contributed by atoms with Gasteiger partial charge in [0, 0.05) is 13.1 Å². The van der Waals surface area contributed by atoms with E-state index in [4.69, 9.17) is 0 Å². The summed E-state index contributed by atoms with van der Waals surface area (Å²) in [5.74, 6) is -0.915. The molecule has 4 nitrogen and oxygen atoms in total. The van der Waals surface area contributed by atoms with Gasteiger partial charge in [-0.2, -0.15) is 0 Å². The van der Waals surface area contributed by atoms with Crippen LogP contribution in [0.1, 0.15) is 45.1 Å². The largest absolute Gasteiger partial charge is 0.481 e. The number of aliphatic carboxylic acids is 1. The molecule has 23 heavy (non-hydrogen) atoms. The van der Waals surface area contributed by atoms with Crippen molar-refractivity contribution >= 4 is 11.9 Å². The molecule has 1 aliphatic rings. The van der Waals surface area contributed by atoms with Gasteiger partial charge in [0.25, 0.3) is 0 Å². The van der Waals surface area contributed by atoms with Crippen LogP contribution in [0.15, 0.2) is 30.3 Å². The molecule has 1 saturated heterocycles. The molecule has 0 spiro atoms. The number of piperidine rings is 1. The van der Waals surface area contributed by atoms with Gasteiger partial charge in [-0.15, -0.1) is 0 Å². The topological polar surface area (TPSA) is 57.6 Å². The molecule has 0 aliphatic carbocycles. The monoisotopic (exact) mass is 317 g/mol. The highest BCUT2D eigenvalue weighted by Gasteiger charge is 2.36. The molecule has 1 amide bonds. The molecule has 4 heteroatoms. The molecule has 4 unspecified atom stereocenters. The summed E-state index contributed by atoms with van der Waals surface area (Å²) in [5, 5.41) is 9.33. The van der Waals surface area contributed by atoms with Crippen LogP contribution in [0.4, 0.5) is 0 Å². The summed E-state index contributed by atoms with van der Waals surface area (Å²) in [5.41, 5.74) is 1.02. The zero-order valence-corrected chi connectivity index (χ0v) is 14.2. The highest BCUT2D eigenvalue weighted by Crippen LogP contribution is 2.31. The third-order valence-corrected chi connectivity index (χ3v) is 4.96. The Labute approximate surface area is 138 Å². The molecule has 1 N–H and O–H groups in total. The number of rotatable bonds is 5. The maximum atomic E-state index is 13.1. The molecule has 4 atom stereocenters. The first kappa shape index (κ1) is 17.5. The molecule has 1 fully saturated rings. The van der Waals surface area contributed by atoms with Crippen molar-refractivity contribution in [3.05, 3.63) is 35.9 Å². The van der Waals surface area contributed by atoms with Crippen molar-refractivity contribution in [1.29, 1.82) is 0 Å². The van der Waals surface area contributed by atoms with E-state index in [0.29, 0.717) is 19.5 Å². The van der Waals surface area contributed by atoms with E-state index < -0.39 is 11.9 Å². The minimum absolute atomic E-state index is 0.0725. The number of benzene rings is 1. The molecule has 0 aromatic heterocycles. The normalized spacial score (nSPS) is 24.0. The molecular formula is C19H27NO3. The van der Waals surface area contributed by atoms with Crippen molar-refractivity contribution < 1.29 is 14.7 Å². The molecule has 0 bridgehead atoms. The lowest BCUT2D eigenvalue weighted by Gasteiger charge is -2.38. The van der Waals surface area contributed by atoms with Gasteiger partial charge in [0.15, 0.2) is 0 Å². The van der Waals surface area contributed by atoms with Crippen LogP contribution < -0.4 is 0 Å². The van der Waals surface area contributed by atoms with Gasteiger partial charge in [0.1, 0.15) is 0 Å². The first-order chi connectivity index (χ1) is 10.9. The van der Waals surface area contributed by atoms with Crippen molar-refractivity contribution in [2.45, 2.75) is 39.5 Å². The molecule has 1 aromatic carbocycles. The summed E-state index contributed by atoms with van der Waals surface area (Å²) in [7, 11) is 0. The maximum absolute atomic E-state index is 13.1. The number of amides is 1. The summed E-state index contributed by atoms with van der Waals surface area (Å²) in [6.45, 7) is 7.20. The number of likely N-dealkylation sites (tertiary alicyclic amines) is 1. The van der Waals surface area contributed by atoms with Crippen LogP contribution in [-0.4, -0.2) is 35.0 Å². The second-order valence-corrected chi connectivity index (χ2v) is 6.89. The van der Waals surface area contributed by atoms with Gasteiger partial charge in [0.2, 0.25) is 5.91 Å². The second-order valence-electron chi connectivity index (χ2n) is 6.89.